The van der Waals surface area contributed by atoms with E-state index in [1.54, 1.807) is 0 Å². The number of carbonyl (C=O) groups is 1. The van der Waals surface area contributed by atoms with Gasteiger partial charge in [0.1, 0.15) is 6.23 Å². The average Bonchev–Trinajstić information content (AvgIpc) is 3.35. The van der Waals surface area contributed by atoms with E-state index in [1.807, 2.05) is 0 Å². The maximum atomic E-state index is 12.9. The van der Waals surface area contributed by atoms with Gasteiger partial charge in [-0.1, -0.05) is 19.8 Å². The average molecular weight is 394 g/mol. The minimum atomic E-state index is 0.142. The van der Waals surface area contributed by atoms with E-state index in [1.165, 1.54) is 32.1 Å². The molecule has 4 fully saturated rings. The highest BCUT2D eigenvalue weighted by Gasteiger charge is 2.44. The lowest BCUT2D eigenvalue weighted by Gasteiger charge is -2.37. The summed E-state index contributed by atoms with van der Waals surface area (Å²) in [5.74, 6) is 3.00. The lowest BCUT2D eigenvalue weighted by atomic mass is 9.73. The molecule has 4 aliphatic rings. The van der Waals surface area contributed by atoms with Crippen LogP contribution in [0.3, 0.4) is 0 Å². The molecule has 0 aromatic heterocycles. The number of hydrogen-bond acceptors (Lipinski definition) is 5. The van der Waals surface area contributed by atoms with Crippen LogP contribution in [0.1, 0.15) is 77.6 Å². The van der Waals surface area contributed by atoms with Crippen LogP contribution in [0.25, 0.3) is 0 Å². The van der Waals surface area contributed by atoms with E-state index in [0.717, 1.165) is 44.4 Å². The summed E-state index contributed by atoms with van der Waals surface area (Å²) in [6, 6.07) is 0.376. The molecule has 1 saturated heterocycles. The molecule has 0 radical (unpaired) electrons. The number of hydroxylamine groups is 1. The molecule has 160 valence electrons. The van der Waals surface area contributed by atoms with Crippen molar-refractivity contribution in [3.05, 3.63) is 0 Å². The molecule has 3 aliphatic carbocycles. The Hall–Kier alpha value is -0.690. The largest absolute Gasteiger partial charge is 0.396 e. The summed E-state index contributed by atoms with van der Waals surface area (Å²) in [5, 5.41) is 16.2. The van der Waals surface area contributed by atoms with Crippen LogP contribution >= 0.6 is 0 Å². The Bertz CT molecular complexity index is 529. The number of rotatable bonds is 6. The summed E-state index contributed by atoms with van der Waals surface area (Å²) in [7, 11) is 0. The molecule has 4 rings (SSSR count). The van der Waals surface area contributed by atoms with Crippen molar-refractivity contribution < 1.29 is 14.7 Å². The lowest BCUT2D eigenvalue weighted by molar-refractivity contribution is -0.127. The number of hydrogen-bond donors (Lipinski definition) is 4. The molecular weight excluding hydrogens is 354 g/mol. The fourth-order valence-corrected chi connectivity index (χ4v) is 6.41. The Morgan fingerprint density at radius 2 is 1.96 bits per heavy atom. The number of carbonyl (C=O) groups excluding carboxylic acids is 1. The van der Waals surface area contributed by atoms with Gasteiger partial charge in [0.05, 0.1) is 6.17 Å². The topological polar surface area (TPSA) is 82.6 Å². The van der Waals surface area contributed by atoms with Gasteiger partial charge < -0.3 is 10.4 Å². The molecule has 1 heterocycles. The van der Waals surface area contributed by atoms with Crippen LogP contribution in [0.2, 0.25) is 0 Å². The van der Waals surface area contributed by atoms with E-state index < -0.39 is 0 Å². The Labute approximate surface area is 169 Å². The molecule has 28 heavy (non-hydrogen) atoms. The van der Waals surface area contributed by atoms with Crippen LogP contribution in [0.5, 0.6) is 0 Å². The monoisotopic (exact) mass is 393 g/mol. The van der Waals surface area contributed by atoms with Gasteiger partial charge in [0.15, 0.2) is 0 Å². The molecule has 7 unspecified atom stereocenters. The number of fused-ring (bicyclic) bond motifs is 1. The van der Waals surface area contributed by atoms with Gasteiger partial charge in [0, 0.05) is 18.6 Å². The van der Waals surface area contributed by atoms with Crippen molar-refractivity contribution in [1.29, 1.82) is 0 Å². The first-order valence-electron chi connectivity index (χ1n) is 11.8. The first kappa shape index (κ1) is 20.6. The lowest BCUT2D eigenvalue weighted by Crippen LogP contribution is -2.46. The van der Waals surface area contributed by atoms with Crippen LogP contribution < -0.4 is 16.1 Å². The summed E-state index contributed by atoms with van der Waals surface area (Å²) < 4.78 is 0. The van der Waals surface area contributed by atoms with Crippen LogP contribution in [-0.4, -0.2) is 36.1 Å². The van der Waals surface area contributed by atoms with Crippen molar-refractivity contribution in [2.75, 3.05) is 6.61 Å². The van der Waals surface area contributed by atoms with Crippen LogP contribution in [0.15, 0.2) is 0 Å². The molecule has 6 nitrogen and oxygen atoms in total. The predicted molar refractivity (Wildman–Crippen MR) is 108 cm³/mol. The van der Waals surface area contributed by atoms with Crippen molar-refractivity contribution in [2.24, 2.45) is 29.6 Å². The van der Waals surface area contributed by atoms with Gasteiger partial charge >= 0.3 is 0 Å². The van der Waals surface area contributed by atoms with E-state index in [0.29, 0.717) is 23.8 Å². The Morgan fingerprint density at radius 3 is 2.75 bits per heavy atom. The maximum absolute atomic E-state index is 12.9. The quantitative estimate of drug-likeness (QED) is 0.558. The number of aliphatic hydroxyl groups is 1. The van der Waals surface area contributed by atoms with Crippen molar-refractivity contribution in [3.63, 3.8) is 0 Å². The van der Waals surface area contributed by atoms with E-state index in [9.17, 15) is 9.90 Å². The minimum absolute atomic E-state index is 0.142. The van der Waals surface area contributed by atoms with Gasteiger partial charge in [-0.05, 0) is 81.5 Å². The summed E-state index contributed by atoms with van der Waals surface area (Å²) in [6.45, 7) is 2.39. The maximum Gasteiger partial charge on any atom is 0.223 e. The Balaban J connectivity index is 1.26. The zero-order chi connectivity index (χ0) is 19.5. The van der Waals surface area contributed by atoms with Gasteiger partial charge in [-0.3, -0.25) is 14.9 Å². The van der Waals surface area contributed by atoms with E-state index in [4.69, 9.17) is 4.84 Å². The Kier molecular flexibility index (Phi) is 6.92. The van der Waals surface area contributed by atoms with Crippen molar-refractivity contribution >= 4 is 5.91 Å². The van der Waals surface area contributed by atoms with Crippen LogP contribution in [-0.2, 0) is 9.63 Å². The second kappa shape index (κ2) is 9.41. The number of aliphatic hydroxyl groups excluding tert-OH is 1. The molecule has 0 bridgehead atoms. The summed E-state index contributed by atoms with van der Waals surface area (Å²) in [6.07, 6.45) is 12.6. The standard InChI is InChI=1S/C22H39N3O3/c1-2-20-24-21(25-28-20)16-6-8-18-15(13-16)7-9-19(18)23-22(27)17-5-3-4-14(12-17)10-11-26/h14-21,24-26H,2-13H2,1H3,(H,23,27)/t14?,15?,16?,17?,18?,19-,20?,21?/m1/s1. The zero-order valence-corrected chi connectivity index (χ0v) is 17.4. The molecule has 1 amide bonds. The third-order valence-electron chi connectivity index (χ3n) is 8.01. The fraction of sp³-hybridized carbons (Fsp3) is 0.955. The van der Waals surface area contributed by atoms with Gasteiger partial charge in [0.2, 0.25) is 5.91 Å². The predicted octanol–water partition coefficient (Wildman–Crippen LogP) is 2.67. The second-order valence-electron chi connectivity index (χ2n) is 9.71. The highest BCUT2D eigenvalue weighted by atomic mass is 16.7. The molecular formula is C22H39N3O3. The third kappa shape index (κ3) is 4.55. The molecule has 0 aromatic rings. The third-order valence-corrected chi connectivity index (χ3v) is 8.01. The van der Waals surface area contributed by atoms with Crippen LogP contribution in [0.4, 0.5) is 0 Å². The van der Waals surface area contributed by atoms with E-state index >= 15 is 0 Å². The molecule has 0 aromatic carbocycles. The minimum Gasteiger partial charge on any atom is -0.396 e. The zero-order valence-electron chi connectivity index (χ0n) is 17.4. The molecule has 0 spiro atoms. The highest BCUT2D eigenvalue weighted by molar-refractivity contribution is 5.79. The summed E-state index contributed by atoms with van der Waals surface area (Å²) >= 11 is 0. The van der Waals surface area contributed by atoms with Crippen LogP contribution in [0, 0.1) is 29.6 Å². The van der Waals surface area contributed by atoms with E-state index in [2.05, 4.69) is 23.0 Å². The molecule has 4 N–H and O–H groups in total. The first-order chi connectivity index (χ1) is 13.7. The summed E-state index contributed by atoms with van der Waals surface area (Å²) in [5.41, 5.74) is 3.21. The number of nitrogens with one attached hydrogen (secondary N) is 3. The number of amides is 1. The van der Waals surface area contributed by atoms with Crippen molar-refractivity contribution in [1.82, 2.24) is 16.1 Å². The van der Waals surface area contributed by atoms with Gasteiger partial charge in [0.25, 0.3) is 0 Å². The molecule has 6 heteroatoms. The Morgan fingerprint density at radius 1 is 1.11 bits per heavy atom. The van der Waals surface area contributed by atoms with Crippen molar-refractivity contribution in [3.8, 4) is 0 Å². The van der Waals surface area contributed by atoms with E-state index in [-0.39, 0.29) is 30.8 Å². The van der Waals surface area contributed by atoms with Gasteiger partial charge in [-0.25, -0.2) is 0 Å². The molecule has 3 saturated carbocycles. The smallest absolute Gasteiger partial charge is 0.223 e. The SMILES string of the molecule is CCC1NC(C2CCC3C(CC[C@H]3NC(=O)C3CCCC(CCO)C3)C2)NO1. The molecule has 8 atom stereocenters. The fourth-order valence-electron chi connectivity index (χ4n) is 6.41. The summed E-state index contributed by atoms with van der Waals surface area (Å²) in [4.78, 5) is 18.5. The second-order valence-corrected chi connectivity index (χ2v) is 9.71. The first-order valence-corrected chi connectivity index (χ1v) is 11.8. The highest BCUT2D eigenvalue weighted by Crippen LogP contribution is 2.45. The van der Waals surface area contributed by atoms with Gasteiger partial charge in [-0.15, -0.1) is 0 Å². The van der Waals surface area contributed by atoms with Gasteiger partial charge in [-0.2, -0.15) is 5.48 Å². The normalized spacial score (nSPS) is 43.6. The molecule has 1 aliphatic heterocycles. The van der Waals surface area contributed by atoms with Crippen molar-refractivity contribution in [2.45, 2.75) is 96.0 Å².